The number of nitrogens with zero attached hydrogens (tertiary/aromatic N) is 1. The van der Waals surface area contributed by atoms with Gasteiger partial charge >= 0.3 is 0 Å². The first-order valence-corrected chi connectivity index (χ1v) is 8.84. The molecule has 0 saturated carbocycles. The van der Waals surface area contributed by atoms with E-state index in [0.29, 0.717) is 5.70 Å². The molecule has 0 aromatic heterocycles. The summed E-state index contributed by atoms with van der Waals surface area (Å²) in [5.41, 5.74) is 3.08. The van der Waals surface area contributed by atoms with Crippen LogP contribution in [0.4, 0.5) is 0 Å². The van der Waals surface area contributed by atoms with Crippen molar-refractivity contribution in [3.05, 3.63) is 61.2 Å². The highest BCUT2D eigenvalue weighted by Crippen LogP contribution is 2.55. The maximum atomic E-state index is 10.7. The second-order valence-corrected chi connectivity index (χ2v) is 7.03. The van der Waals surface area contributed by atoms with E-state index in [9.17, 15) is 4.91 Å². The lowest BCUT2D eigenvalue weighted by atomic mass is 10.1. The molecule has 0 atom stereocenters. The normalized spacial score (nSPS) is 18.1. The van der Waals surface area contributed by atoms with E-state index in [0.717, 1.165) is 11.3 Å². The molecule has 5 heteroatoms. The molecule has 0 radical (unpaired) electrons. The van der Waals surface area contributed by atoms with Crippen molar-refractivity contribution >= 4 is 33.3 Å². The van der Waals surface area contributed by atoms with Crippen molar-refractivity contribution in [3.63, 3.8) is 0 Å². The van der Waals surface area contributed by atoms with Crippen molar-refractivity contribution in [1.82, 2.24) is 0 Å². The van der Waals surface area contributed by atoms with Crippen LogP contribution in [-0.4, -0.2) is 6.26 Å². The number of rotatable bonds is 4. The summed E-state index contributed by atoms with van der Waals surface area (Å²) in [7, 11) is 3.37. The Labute approximate surface area is 119 Å². The summed E-state index contributed by atoms with van der Waals surface area (Å²) in [6, 6.07) is 10.3. The molecule has 0 N–H and O–H groups in total. The molecular weight excluding hydrogens is 282 g/mol. The van der Waals surface area contributed by atoms with Crippen molar-refractivity contribution in [2.45, 2.75) is 13.3 Å². The summed E-state index contributed by atoms with van der Waals surface area (Å²) < 4.78 is 1.28. The number of hydrogen-bond donors (Lipinski definition) is 0. The van der Waals surface area contributed by atoms with Crippen molar-refractivity contribution in [3.8, 4) is 0 Å². The fraction of sp³-hybridized carbons (Fsp3) is 0.231. The van der Waals surface area contributed by atoms with Crippen LogP contribution in [0.3, 0.4) is 0 Å². The first-order chi connectivity index (χ1) is 8.76. The van der Waals surface area contributed by atoms with Crippen LogP contribution in [0.2, 0.25) is 0 Å². The lowest BCUT2D eigenvalue weighted by Crippen LogP contribution is -1.93. The lowest BCUT2D eigenvalue weighted by molar-refractivity contribution is 1.16. The number of thioether (sulfide) groups is 1. The largest absolute Gasteiger partial charge is 0.145 e. The number of nitroso groups, excluding NO2 is 1. The predicted molar refractivity (Wildman–Crippen MR) is 84.4 cm³/mol. The van der Waals surface area contributed by atoms with Crippen LogP contribution < -0.4 is 0 Å². The fourth-order valence-electron chi connectivity index (χ4n) is 1.70. The van der Waals surface area contributed by atoms with E-state index in [-0.39, 0.29) is 0 Å². The average Bonchev–Trinajstić information content (AvgIpc) is 2.82. The third-order valence-corrected chi connectivity index (χ3v) is 6.72. The Bertz CT molecular complexity index is 508. The third kappa shape index (κ3) is 3.02. The molecule has 18 heavy (non-hydrogen) atoms. The Morgan fingerprint density at radius 1 is 1.28 bits per heavy atom. The molecule has 1 aliphatic rings. The van der Waals surface area contributed by atoms with Gasteiger partial charge in [-0.05, 0) is 51.1 Å². The molecule has 1 heterocycles. The van der Waals surface area contributed by atoms with Crippen LogP contribution in [0.1, 0.15) is 12.5 Å². The summed E-state index contributed by atoms with van der Waals surface area (Å²) in [4.78, 5) is 11.8. The van der Waals surface area contributed by atoms with Gasteiger partial charge in [0.05, 0.1) is 9.93 Å². The third-order valence-electron chi connectivity index (χ3n) is 2.60. The summed E-state index contributed by atoms with van der Waals surface area (Å²) in [6.45, 7) is 1.78. The van der Waals surface area contributed by atoms with Crippen molar-refractivity contribution in [2.75, 3.05) is 6.26 Å². The van der Waals surface area contributed by atoms with Gasteiger partial charge in [0.2, 0.25) is 0 Å². The Morgan fingerprint density at radius 3 is 2.61 bits per heavy atom. The minimum absolute atomic E-state index is 0.586. The first kappa shape index (κ1) is 13.8. The highest BCUT2D eigenvalue weighted by molar-refractivity contribution is 8.82. The van der Waals surface area contributed by atoms with E-state index in [1.807, 2.05) is 18.2 Å². The van der Waals surface area contributed by atoms with Crippen LogP contribution in [0.25, 0.3) is 0 Å². The van der Waals surface area contributed by atoms with Crippen molar-refractivity contribution < 1.29 is 0 Å². The zero-order valence-electron chi connectivity index (χ0n) is 10.2. The SMILES string of the molecule is CSC1=C(Cc2ccccc2)/C(=C(\C)N=O)SS1. The maximum Gasteiger partial charge on any atom is 0.0965 e. The highest BCUT2D eigenvalue weighted by atomic mass is 33.1. The Balaban J connectivity index is 2.34. The van der Waals surface area contributed by atoms with Crippen molar-refractivity contribution in [2.24, 2.45) is 5.18 Å². The summed E-state index contributed by atoms with van der Waals surface area (Å²) in [5.74, 6) is 0. The highest BCUT2D eigenvalue weighted by Gasteiger charge is 2.23. The van der Waals surface area contributed by atoms with Crippen LogP contribution >= 0.6 is 33.3 Å². The molecule has 0 amide bonds. The van der Waals surface area contributed by atoms with Gasteiger partial charge in [0.1, 0.15) is 0 Å². The summed E-state index contributed by atoms with van der Waals surface area (Å²) >= 11 is 1.74. The van der Waals surface area contributed by atoms with Gasteiger partial charge in [-0.3, -0.25) is 0 Å². The Morgan fingerprint density at radius 2 is 2.00 bits per heavy atom. The van der Waals surface area contributed by atoms with Gasteiger partial charge in [0.15, 0.2) is 0 Å². The molecule has 0 aliphatic carbocycles. The molecule has 1 aromatic rings. The molecule has 2 rings (SSSR count). The molecule has 0 unspecified atom stereocenters. The van der Waals surface area contributed by atoms with Crippen LogP contribution in [-0.2, 0) is 6.42 Å². The number of hydrogen-bond acceptors (Lipinski definition) is 5. The minimum Gasteiger partial charge on any atom is -0.145 e. The Kier molecular flexibility index (Phi) is 4.97. The van der Waals surface area contributed by atoms with Gasteiger partial charge in [-0.25, -0.2) is 0 Å². The topological polar surface area (TPSA) is 29.4 Å². The smallest absolute Gasteiger partial charge is 0.0965 e. The molecule has 0 bridgehead atoms. The molecule has 94 valence electrons. The monoisotopic (exact) mass is 295 g/mol. The van der Waals surface area contributed by atoms with Crippen molar-refractivity contribution in [1.29, 1.82) is 0 Å². The summed E-state index contributed by atoms with van der Waals surface area (Å²) in [6.07, 6.45) is 2.93. The van der Waals surface area contributed by atoms with Gasteiger partial charge in [-0.2, -0.15) is 0 Å². The second-order valence-electron chi connectivity index (χ2n) is 3.80. The second kappa shape index (κ2) is 6.50. The van der Waals surface area contributed by atoms with Gasteiger partial charge in [-0.15, -0.1) is 16.7 Å². The van der Waals surface area contributed by atoms with Gasteiger partial charge in [0, 0.05) is 11.3 Å². The van der Waals surface area contributed by atoms with Crippen LogP contribution in [0.15, 0.2) is 55.9 Å². The molecule has 0 saturated heterocycles. The van der Waals surface area contributed by atoms with Crippen LogP contribution in [0.5, 0.6) is 0 Å². The predicted octanol–water partition coefficient (Wildman–Crippen LogP) is 5.20. The van der Waals surface area contributed by atoms with Gasteiger partial charge in [0.25, 0.3) is 0 Å². The molecule has 0 fully saturated rings. The van der Waals surface area contributed by atoms with E-state index in [4.69, 9.17) is 0 Å². The zero-order chi connectivity index (χ0) is 13.0. The quantitative estimate of drug-likeness (QED) is 0.564. The van der Waals surface area contributed by atoms with Crippen LogP contribution in [0, 0.1) is 4.91 Å². The van der Waals surface area contributed by atoms with Gasteiger partial charge < -0.3 is 0 Å². The number of allylic oxidation sites excluding steroid dienone is 2. The average molecular weight is 295 g/mol. The summed E-state index contributed by atoms with van der Waals surface area (Å²) in [5, 5.41) is 3.08. The number of benzene rings is 1. The molecule has 2 nitrogen and oxygen atoms in total. The Hall–Kier alpha value is -0.650. The van der Waals surface area contributed by atoms with E-state index in [1.54, 1.807) is 40.3 Å². The standard InChI is InChI=1S/C13H13NOS3/c1-9(14-15)12-11(13(16-2)18-17-12)8-10-6-4-3-5-7-10/h3-7H,8H2,1-2H3/b12-9-. The van der Waals surface area contributed by atoms with E-state index in [1.165, 1.54) is 15.4 Å². The van der Waals surface area contributed by atoms with E-state index < -0.39 is 0 Å². The molecular formula is C13H13NOS3. The minimum atomic E-state index is 0.586. The van der Waals surface area contributed by atoms with E-state index in [2.05, 4.69) is 23.6 Å². The van der Waals surface area contributed by atoms with Gasteiger partial charge in [-0.1, -0.05) is 30.3 Å². The molecule has 0 spiro atoms. The molecule has 1 aromatic carbocycles. The maximum absolute atomic E-state index is 10.7. The van der Waals surface area contributed by atoms with E-state index >= 15 is 0 Å². The molecule has 1 aliphatic heterocycles. The zero-order valence-corrected chi connectivity index (χ0v) is 12.6. The fourth-order valence-corrected chi connectivity index (χ4v) is 5.75. The first-order valence-electron chi connectivity index (χ1n) is 5.46. The lowest BCUT2D eigenvalue weighted by Gasteiger charge is -2.06.